The van der Waals surface area contributed by atoms with Gasteiger partial charge in [0, 0.05) is 35.5 Å². The van der Waals surface area contributed by atoms with Crippen molar-refractivity contribution in [2.45, 2.75) is 12.3 Å². The normalized spacial score (nSPS) is 12.0. The Balaban J connectivity index is 1.51. The Morgan fingerprint density at radius 2 is 1.48 bits per heavy atom. The van der Waals surface area contributed by atoms with Gasteiger partial charge in [0.25, 0.3) is 5.56 Å². The zero-order valence-electron chi connectivity index (χ0n) is 22.0. The predicted molar refractivity (Wildman–Crippen MR) is 157 cm³/mol. The van der Waals surface area contributed by atoms with Gasteiger partial charge in [0.1, 0.15) is 5.75 Å². The Kier molecular flexibility index (Phi) is 6.66. The summed E-state index contributed by atoms with van der Waals surface area (Å²) in [5.41, 5.74) is 4.65. The van der Waals surface area contributed by atoms with Gasteiger partial charge in [-0.15, -0.1) is 0 Å². The van der Waals surface area contributed by atoms with E-state index in [4.69, 9.17) is 4.74 Å². The minimum atomic E-state index is -0.586. The topological polar surface area (TPSA) is 84.3 Å². The third-order valence-corrected chi connectivity index (χ3v) is 7.46. The molecule has 0 aliphatic rings. The SMILES string of the molecule is Cn1c(=O)c(C(c2ccccc2)c2[nH]c3ccccc3c2CCOC(=O)c2ccccc2)c(O)c2ccccc21. The molecule has 0 saturated carbocycles. The number of benzene rings is 4. The van der Waals surface area contributed by atoms with Crippen LogP contribution in [0.1, 0.15) is 38.7 Å². The number of aromatic nitrogens is 2. The Labute approximate surface area is 231 Å². The van der Waals surface area contributed by atoms with Crippen LogP contribution in [0.2, 0.25) is 0 Å². The summed E-state index contributed by atoms with van der Waals surface area (Å²) in [6, 6.07) is 33.9. The maximum absolute atomic E-state index is 13.9. The Hall–Kier alpha value is -5.10. The number of aromatic hydroxyl groups is 1. The van der Waals surface area contributed by atoms with Gasteiger partial charge >= 0.3 is 5.97 Å². The number of aromatic amines is 1. The Morgan fingerprint density at radius 1 is 0.850 bits per heavy atom. The molecule has 6 rings (SSSR count). The second kappa shape index (κ2) is 10.6. The molecule has 1 atom stereocenters. The average Bonchev–Trinajstić information content (AvgIpc) is 3.36. The number of hydrogen-bond donors (Lipinski definition) is 2. The van der Waals surface area contributed by atoms with Crippen molar-refractivity contribution in [3.63, 3.8) is 0 Å². The van der Waals surface area contributed by atoms with Crippen LogP contribution in [-0.2, 0) is 18.2 Å². The lowest BCUT2D eigenvalue weighted by Crippen LogP contribution is -2.25. The molecule has 0 saturated heterocycles. The van der Waals surface area contributed by atoms with Gasteiger partial charge in [-0.2, -0.15) is 0 Å². The number of ether oxygens (including phenoxy) is 1. The van der Waals surface area contributed by atoms with Crippen LogP contribution in [0.25, 0.3) is 21.8 Å². The molecule has 0 radical (unpaired) electrons. The van der Waals surface area contributed by atoms with Crippen LogP contribution in [0.15, 0.2) is 114 Å². The highest BCUT2D eigenvalue weighted by atomic mass is 16.5. The van der Waals surface area contributed by atoms with Crippen LogP contribution in [-0.4, -0.2) is 27.2 Å². The molecule has 0 amide bonds. The number of pyridine rings is 1. The van der Waals surface area contributed by atoms with E-state index < -0.39 is 5.92 Å². The highest BCUT2D eigenvalue weighted by Crippen LogP contribution is 2.40. The van der Waals surface area contributed by atoms with E-state index in [1.54, 1.807) is 35.9 Å². The van der Waals surface area contributed by atoms with Crippen LogP contribution in [0.3, 0.4) is 0 Å². The number of fused-ring (bicyclic) bond motifs is 2. The number of carbonyl (C=O) groups excluding carboxylic acids is 1. The van der Waals surface area contributed by atoms with E-state index in [1.165, 1.54) is 0 Å². The lowest BCUT2D eigenvalue weighted by Gasteiger charge is -2.22. The molecule has 6 aromatic rings. The van der Waals surface area contributed by atoms with E-state index in [0.29, 0.717) is 28.5 Å². The fourth-order valence-corrected chi connectivity index (χ4v) is 5.53. The summed E-state index contributed by atoms with van der Waals surface area (Å²) >= 11 is 0. The summed E-state index contributed by atoms with van der Waals surface area (Å²) in [6.45, 7) is 0.159. The average molecular weight is 529 g/mol. The molecule has 6 nitrogen and oxygen atoms in total. The Morgan fingerprint density at radius 3 is 2.23 bits per heavy atom. The quantitative estimate of drug-likeness (QED) is 0.238. The summed E-state index contributed by atoms with van der Waals surface area (Å²) in [4.78, 5) is 30.1. The summed E-state index contributed by atoms with van der Waals surface area (Å²) in [5, 5.41) is 13.2. The second-order valence-corrected chi connectivity index (χ2v) is 9.80. The van der Waals surface area contributed by atoms with E-state index in [0.717, 1.165) is 27.7 Å². The minimum absolute atomic E-state index is 0.0346. The Bertz CT molecular complexity index is 1890. The number of rotatable bonds is 7. The monoisotopic (exact) mass is 528 g/mol. The van der Waals surface area contributed by atoms with Gasteiger partial charge in [-0.1, -0.05) is 78.9 Å². The van der Waals surface area contributed by atoms with E-state index >= 15 is 0 Å². The molecular weight excluding hydrogens is 500 g/mol. The number of esters is 1. The van der Waals surface area contributed by atoms with Crippen LogP contribution in [0, 0.1) is 0 Å². The van der Waals surface area contributed by atoms with Gasteiger partial charge in [0.05, 0.1) is 29.2 Å². The molecular formula is C34H28N2O4. The fraction of sp³-hybridized carbons (Fsp3) is 0.118. The smallest absolute Gasteiger partial charge is 0.338 e. The fourth-order valence-electron chi connectivity index (χ4n) is 5.53. The van der Waals surface area contributed by atoms with Crippen molar-refractivity contribution >= 4 is 27.8 Å². The molecule has 198 valence electrons. The van der Waals surface area contributed by atoms with Crippen LogP contribution in [0.4, 0.5) is 0 Å². The number of nitrogens with one attached hydrogen (secondary N) is 1. The molecule has 2 aromatic heterocycles. The largest absolute Gasteiger partial charge is 0.507 e. The second-order valence-electron chi connectivity index (χ2n) is 9.80. The lowest BCUT2D eigenvalue weighted by atomic mass is 9.85. The number of para-hydroxylation sites is 2. The molecule has 0 fully saturated rings. The molecule has 0 spiro atoms. The molecule has 0 bridgehead atoms. The third kappa shape index (κ3) is 4.43. The van der Waals surface area contributed by atoms with Crippen molar-refractivity contribution < 1.29 is 14.6 Å². The van der Waals surface area contributed by atoms with Crippen LogP contribution < -0.4 is 5.56 Å². The number of hydrogen-bond acceptors (Lipinski definition) is 4. The van der Waals surface area contributed by atoms with Gasteiger partial charge in [0.15, 0.2) is 0 Å². The summed E-state index contributed by atoms with van der Waals surface area (Å²) < 4.78 is 7.24. The maximum Gasteiger partial charge on any atom is 0.338 e. The molecule has 0 aliphatic carbocycles. The van der Waals surface area contributed by atoms with Crippen LogP contribution in [0.5, 0.6) is 5.75 Å². The number of H-pyrrole nitrogens is 1. The molecule has 40 heavy (non-hydrogen) atoms. The van der Waals surface area contributed by atoms with Crippen molar-refractivity contribution in [2.75, 3.05) is 6.61 Å². The summed E-state index contributed by atoms with van der Waals surface area (Å²) in [5.74, 6) is -1.01. The zero-order valence-corrected chi connectivity index (χ0v) is 22.0. The summed E-state index contributed by atoms with van der Waals surface area (Å²) in [6.07, 6.45) is 0.427. The first-order valence-electron chi connectivity index (χ1n) is 13.2. The van der Waals surface area contributed by atoms with Crippen molar-refractivity contribution in [3.05, 3.63) is 147 Å². The first kappa shape index (κ1) is 25.2. The molecule has 2 heterocycles. The van der Waals surface area contributed by atoms with E-state index in [9.17, 15) is 14.7 Å². The van der Waals surface area contributed by atoms with Gasteiger partial charge in [0.2, 0.25) is 0 Å². The van der Waals surface area contributed by atoms with Crippen molar-refractivity contribution in [3.8, 4) is 5.75 Å². The third-order valence-electron chi connectivity index (χ3n) is 7.46. The maximum atomic E-state index is 13.9. The molecule has 2 N–H and O–H groups in total. The van der Waals surface area contributed by atoms with Gasteiger partial charge in [-0.25, -0.2) is 4.79 Å². The number of nitrogens with zero attached hydrogens (tertiary/aromatic N) is 1. The predicted octanol–water partition coefficient (Wildman–Crippen LogP) is 6.31. The highest BCUT2D eigenvalue weighted by Gasteiger charge is 2.30. The van der Waals surface area contributed by atoms with Crippen molar-refractivity contribution in [1.82, 2.24) is 9.55 Å². The van der Waals surface area contributed by atoms with Crippen molar-refractivity contribution in [2.24, 2.45) is 7.05 Å². The number of aryl methyl sites for hydroxylation is 1. The highest BCUT2D eigenvalue weighted by molar-refractivity contribution is 5.90. The van der Waals surface area contributed by atoms with Gasteiger partial charge < -0.3 is 19.4 Å². The number of carbonyl (C=O) groups is 1. The minimum Gasteiger partial charge on any atom is -0.507 e. The first-order chi connectivity index (χ1) is 19.5. The van der Waals surface area contributed by atoms with Gasteiger partial charge in [-0.3, -0.25) is 4.79 Å². The van der Waals surface area contributed by atoms with E-state index in [2.05, 4.69) is 4.98 Å². The lowest BCUT2D eigenvalue weighted by molar-refractivity contribution is 0.0509. The molecule has 4 aromatic carbocycles. The summed E-state index contributed by atoms with van der Waals surface area (Å²) in [7, 11) is 1.73. The first-order valence-corrected chi connectivity index (χ1v) is 13.2. The zero-order chi connectivity index (χ0) is 27.6. The van der Waals surface area contributed by atoms with Crippen LogP contribution >= 0.6 is 0 Å². The standard InChI is InChI=1S/C34H28N2O4/c1-36-28-19-11-9-17-26(28)32(37)30(33(36)38)29(22-12-4-2-5-13-22)31-25(24-16-8-10-18-27(24)35-31)20-21-40-34(39)23-14-6-3-7-15-23/h2-19,29,35,37H,20-21H2,1H3. The van der Waals surface area contributed by atoms with Crippen molar-refractivity contribution in [1.29, 1.82) is 0 Å². The van der Waals surface area contributed by atoms with E-state index in [1.807, 2.05) is 84.9 Å². The molecule has 6 heteroatoms. The van der Waals surface area contributed by atoms with E-state index in [-0.39, 0.29) is 23.9 Å². The molecule has 1 unspecified atom stereocenters. The van der Waals surface area contributed by atoms with Gasteiger partial charge in [-0.05, 0) is 41.5 Å². The molecule has 0 aliphatic heterocycles.